The molecule has 0 aliphatic rings. The SMILES string of the molecule is COc1nc(I)cc(Br)c1C(F)F. The van der Waals surface area contributed by atoms with E-state index in [9.17, 15) is 8.78 Å². The topological polar surface area (TPSA) is 22.1 Å². The fraction of sp³-hybridized carbons (Fsp3) is 0.286. The van der Waals surface area contributed by atoms with Crippen molar-refractivity contribution in [2.24, 2.45) is 0 Å². The summed E-state index contributed by atoms with van der Waals surface area (Å²) < 4.78 is 30.6. The van der Waals surface area contributed by atoms with Crippen LogP contribution in [0.25, 0.3) is 0 Å². The summed E-state index contributed by atoms with van der Waals surface area (Å²) in [6.07, 6.45) is -2.59. The highest BCUT2D eigenvalue weighted by molar-refractivity contribution is 14.1. The Morgan fingerprint density at radius 1 is 1.62 bits per heavy atom. The number of ether oxygens (including phenoxy) is 1. The Kier molecular flexibility index (Phi) is 3.84. The molecule has 1 rings (SSSR count). The Bertz CT molecular complexity index is 322. The molecular weight excluding hydrogens is 359 g/mol. The van der Waals surface area contributed by atoms with Crippen LogP contribution < -0.4 is 4.74 Å². The number of pyridine rings is 1. The Morgan fingerprint density at radius 3 is 2.69 bits per heavy atom. The molecule has 1 aromatic heterocycles. The summed E-state index contributed by atoms with van der Waals surface area (Å²) in [4.78, 5) is 3.83. The average molecular weight is 364 g/mol. The number of halogens is 4. The first-order chi connectivity index (χ1) is 6.06. The molecular formula is C7H5BrF2INO. The maximum atomic E-state index is 12.5. The minimum Gasteiger partial charge on any atom is -0.481 e. The number of rotatable bonds is 2. The van der Waals surface area contributed by atoms with Crippen molar-refractivity contribution in [1.82, 2.24) is 4.98 Å². The van der Waals surface area contributed by atoms with E-state index in [2.05, 4.69) is 20.9 Å². The first kappa shape index (κ1) is 11.1. The average Bonchev–Trinajstić information content (AvgIpc) is 2.01. The summed E-state index contributed by atoms with van der Waals surface area (Å²) in [5.41, 5.74) is -0.206. The molecule has 1 aromatic rings. The van der Waals surface area contributed by atoms with Crippen LogP contribution in [0.3, 0.4) is 0 Å². The van der Waals surface area contributed by atoms with E-state index in [4.69, 9.17) is 4.74 Å². The van der Waals surface area contributed by atoms with Gasteiger partial charge < -0.3 is 4.74 Å². The number of hydrogen-bond donors (Lipinski definition) is 0. The molecule has 0 atom stereocenters. The van der Waals surface area contributed by atoms with Crippen molar-refractivity contribution < 1.29 is 13.5 Å². The summed E-state index contributed by atoms with van der Waals surface area (Å²) in [5.74, 6) is -0.0335. The maximum absolute atomic E-state index is 12.5. The lowest BCUT2D eigenvalue weighted by molar-refractivity contribution is 0.145. The first-order valence-electron chi connectivity index (χ1n) is 3.24. The highest BCUT2D eigenvalue weighted by atomic mass is 127. The Balaban J connectivity index is 3.30. The van der Waals surface area contributed by atoms with E-state index >= 15 is 0 Å². The molecule has 72 valence electrons. The van der Waals surface area contributed by atoms with Crippen LogP contribution in [0.1, 0.15) is 12.0 Å². The molecule has 0 radical (unpaired) electrons. The van der Waals surface area contributed by atoms with Crippen LogP contribution in [0, 0.1) is 3.70 Å². The molecule has 6 heteroatoms. The summed E-state index contributed by atoms with van der Waals surface area (Å²) >= 11 is 4.96. The van der Waals surface area contributed by atoms with E-state index in [1.165, 1.54) is 13.2 Å². The molecule has 0 unspecified atom stereocenters. The molecule has 2 nitrogen and oxygen atoms in total. The maximum Gasteiger partial charge on any atom is 0.270 e. The first-order valence-corrected chi connectivity index (χ1v) is 5.11. The van der Waals surface area contributed by atoms with E-state index in [1.807, 2.05) is 22.6 Å². The molecule has 0 bridgehead atoms. The molecule has 0 saturated carbocycles. The van der Waals surface area contributed by atoms with Gasteiger partial charge in [-0.05, 0) is 28.7 Å². The van der Waals surface area contributed by atoms with Crippen molar-refractivity contribution in [2.45, 2.75) is 6.43 Å². The monoisotopic (exact) mass is 363 g/mol. The summed E-state index contributed by atoms with van der Waals surface area (Å²) in [5, 5.41) is 0. The van der Waals surface area contributed by atoms with Crippen molar-refractivity contribution >= 4 is 38.5 Å². The second-order valence-electron chi connectivity index (χ2n) is 2.15. The zero-order valence-corrected chi connectivity index (χ0v) is 10.3. The summed E-state index contributed by atoms with van der Waals surface area (Å²) in [6.45, 7) is 0. The third-order valence-electron chi connectivity index (χ3n) is 1.35. The summed E-state index contributed by atoms with van der Waals surface area (Å²) in [7, 11) is 1.32. The lowest BCUT2D eigenvalue weighted by atomic mass is 10.3. The number of nitrogens with zero attached hydrogens (tertiary/aromatic N) is 1. The molecule has 0 aliphatic carbocycles. The van der Waals surface area contributed by atoms with Crippen LogP contribution in [0.15, 0.2) is 10.5 Å². The van der Waals surface area contributed by atoms with Gasteiger partial charge in [-0.1, -0.05) is 15.9 Å². The van der Waals surface area contributed by atoms with Gasteiger partial charge >= 0.3 is 0 Å². The fourth-order valence-electron chi connectivity index (χ4n) is 0.827. The molecule has 0 spiro atoms. The Hall–Kier alpha value is 0.0200. The quantitative estimate of drug-likeness (QED) is 0.593. The Morgan fingerprint density at radius 2 is 2.23 bits per heavy atom. The lowest BCUT2D eigenvalue weighted by Crippen LogP contribution is -1.98. The predicted octanol–water partition coefficient (Wildman–Crippen LogP) is 3.39. The van der Waals surface area contributed by atoms with Crippen molar-refractivity contribution in [1.29, 1.82) is 0 Å². The molecule has 0 N–H and O–H groups in total. The van der Waals surface area contributed by atoms with Gasteiger partial charge in [-0.2, -0.15) is 0 Å². The summed E-state index contributed by atoms with van der Waals surface area (Å²) in [6, 6.07) is 1.52. The minimum absolute atomic E-state index is 0.0335. The zero-order chi connectivity index (χ0) is 10.0. The van der Waals surface area contributed by atoms with Crippen LogP contribution in [0.4, 0.5) is 8.78 Å². The second kappa shape index (κ2) is 4.50. The van der Waals surface area contributed by atoms with E-state index in [-0.39, 0.29) is 11.4 Å². The third kappa shape index (κ3) is 2.49. The third-order valence-corrected chi connectivity index (χ3v) is 2.56. The van der Waals surface area contributed by atoms with Crippen LogP contribution in [-0.4, -0.2) is 12.1 Å². The number of methoxy groups -OCH3 is 1. The van der Waals surface area contributed by atoms with E-state index in [0.717, 1.165) is 0 Å². The molecule has 0 aromatic carbocycles. The van der Waals surface area contributed by atoms with E-state index in [0.29, 0.717) is 8.17 Å². The van der Waals surface area contributed by atoms with Gasteiger partial charge in [-0.25, -0.2) is 13.8 Å². The predicted molar refractivity (Wildman–Crippen MR) is 56.2 cm³/mol. The van der Waals surface area contributed by atoms with E-state index < -0.39 is 6.43 Å². The van der Waals surface area contributed by atoms with Crippen LogP contribution >= 0.6 is 38.5 Å². The largest absolute Gasteiger partial charge is 0.481 e. The lowest BCUT2D eigenvalue weighted by Gasteiger charge is -2.08. The standard InChI is InChI=1S/C7H5BrF2INO/c1-13-7-5(6(9)10)3(8)2-4(11)12-7/h2,6H,1H3. The van der Waals surface area contributed by atoms with Crippen molar-refractivity contribution in [2.75, 3.05) is 7.11 Å². The van der Waals surface area contributed by atoms with Gasteiger partial charge in [0, 0.05) is 4.47 Å². The molecule has 0 aliphatic heterocycles. The van der Waals surface area contributed by atoms with Crippen molar-refractivity contribution in [3.63, 3.8) is 0 Å². The van der Waals surface area contributed by atoms with Crippen LogP contribution in [0.5, 0.6) is 5.88 Å². The van der Waals surface area contributed by atoms with Gasteiger partial charge in [0.1, 0.15) is 3.70 Å². The van der Waals surface area contributed by atoms with Gasteiger partial charge in [0.15, 0.2) is 0 Å². The normalized spacial score (nSPS) is 10.6. The second-order valence-corrected chi connectivity index (χ2v) is 4.11. The van der Waals surface area contributed by atoms with Crippen LogP contribution in [0.2, 0.25) is 0 Å². The van der Waals surface area contributed by atoms with Gasteiger partial charge in [-0.3, -0.25) is 0 Å². The fourth-order valence-corrected chi connectivity index (χ4v) is 2.35. The van der Waals surface area contributed by atoms with Crippen molar-refractivity contribution in [3.8, 4) is 5.88 Å². The van der Waals surface area contributed by atoms with Gasteiger partial charge in [-0.15, -0.1) is 0 Å². The smallest absolute Gasteiger partial charge is 0.270 e. The number of alkyl halides is 2. The molecule has 1 heterocycles. The Labute approximate surface area is 96.0 Å². The molecule has 0 saturated heterocycles. The van der Waals surface area contributed by atoms with Gasteiger partial charge in [0.25, 0.3) is 6.43 Å². The van der Waals surface area contributed by atoms with Crippen LogP contribution in [-0.2, 0) is 0 Å². The van der Waals surface area contributed by atoms with E-state index in [1.54, 1.807) is 0 Å². The minimum atomic E-state index is -2.59. The highest BCUT2D eigenvalue weighted by Crippen LogP contribution is 2.34. The highest BCUT2D eigenvalue weighted by Gasteiger charge is 2.19. The molecule has 0 amide bonds. The molecule has 13 heavy (non-hydrogen) atoms. The van der Waals surface area contributed by atoms with Gasteiger partial charge in [0.2, 0.25) is 5.88 Å². The van der Waals surface area contributed by atoms with Gasteiger partial charge in [0.05, 0.1) is 12.7 Å². The number of aromatic nitrogens is 1. The molecule has 0 fully saturated rings. The number of hydrogen-bond acceptors (Lipinski definition) is 2. The van der Waals surface area contributed by atoms with Crippen molar-refractivity contribution in [3.05, 3.63) is 19.8 Å². The zero-order valence-electron chi connectivity index (χ0n) is 6.52.